The zero-order chi connectivity index (χ0) is 10.8. The van der Waals surface area contributed by atoms with Gasteiger partial charge >= 0.3 is 6.03 Å². The van der Waals surface area contributed by atoms with Gasteiger partial charge in [-0.05, 0) is 12.8 Å². The van der Waals surface area contributed by atoms with Crippen molar-refractivity contribution in [2.24, 2.45) is 10.7 Å². The molecule has 0 radical (unpaired) electrons. The predicted octanol–water partition coefficient (Wildman–Crippen LogP) is 1.75. The molecule has 2 N–H and O–H groups in total. The molecule has 14 heavy (non-hydrogen) atoms. The Labute approximate surface area is 85.2 Å². The molecule has 1 aliphatic heterocycles. The maximum absolute atomic E-state index is 11.4. The first-order valence-electron chi connectivity index (χ1n) is 5.21. The molecule has 1 rings (SSSR count). The number of unbranched alkanes of at least 4 members (excludes halogenated alkanes) is 1. The maximum atomic E-state index is 11.4. The number of nitrogens with zero attached hydrogens (tertiary/aromatic N) is 2. The molecule has 2 amide bonds. The number of amides is 2. The minimum absolute atomic E-state index is 0.208. The van der Waals surface area contributed by atoms with E-state index in [1.54, 1.807) is 11.9 Å². The van der Waals surface area contributed by atoms with Crippen molar-refractivity contribution >= 4 is 11.9 Å². The highest BCUT2D eigenvalue weighted by molar-refractivity contribution is 6.05. The fourth-order valence-electron chi connectivity index (χ4n) is 2.00. The van der Waals surface area contributed by atoms with Crippen molar-refractivity contribution in [1.82, 2.24) is 4.90 Å². The second-order valence-electron chi connectivity index (χ2n) is 3.83. The van der Waals surface area contributed by atoms with Gasteiger partial charge in [0.15, 0.2) is 0 Å². The molecule has 0 aromatic rings. The van der Waals surface area contributed by atoms with Gasteiger partial charge in [-0.25, -0.2) is 4.79 Å². The van der Waals surface area contributed by atoms with E-state index < -0.39 is 0 Å². The monoisotopic (exact) mass is 197 g/mol. The van der Waals surface area contributed by atoms with Gasteiger partial charge in [0.2, 0.25) is 0 Å². The second kappa shape index (κ2) is 3.98. The van der Waals surface area contributed by atoms with Crippen molar-refractivity contribution in [2.75, 3.05) is 7.05 Å². The highest BCUT2D eigenvalue weighted by Crippen LogP contribution is 2.30. The van der Waals surface area contributed by atoms with E-state index in [9.17, 15) is 4.79 Å². The third-order valence-corrected chi connectivity index (χ3v) is 3.15. The van der Waals surface area contributed by atoms with E-state index >= 15 is 0 Å². The number of hydrogen-bond acceptors (Lipinski definition) is 2. The number of hydrogen-bond donors (Lipinski definition) is 1. The molecule has 0 fully saturated rings. The van der Waals surface area contributed by atoms with E-state index in [1.807, 2.05) is 6.92 Å². The van der Waals surface area contributed by atoms with Crippen molar-refractivity contribution in [3.8, 4) is 0 Å². The molecule has 0 aliphatic carbocycles. The summed E-state index contributed by atoms with van der Waals surface area (Å²) in [6.07, 6.45) is 3.93. The Balaban J connectivity index is 2.87. The van der Waals surface area contributed by atoms with Crippen molar-refractivity contribution in [1.29, 1.82) is 0 Å². The van der Waals surface area contributed by atoms with Crippen LogP contribution in [0.4, 0.5) is 4.79 Å². The fourth-order valence-corrected chi connectivity index (χ4v) is 2.00. The number of nitrogens with two attached hydrogens (primary N) is 1. The summed E-state index contributed by atoms with van der Waals surface area (Å²) >= 11 is 0. The zero-order valence-corrected chi connectivity index (χ0v) is 9.21. The number of urea groups is 1. The molecule has 0 saturated heterocycles. The third kappa shape index (κ3) is 1.49. The van der Waals surface area contributed by atoms with Crippen LogP contribution < -0.4 is 5.73 Å². The van der Waals surface area contributed by atoms with Gasteiger partial charge in [-0.1, -0.05) is 26.7 Å². The number of amidine groups is 1. The minimum atomic E-state index is -0.312. The number of rotatable bonds is 4. The van der Waals surface area contributed by atoms with Crippen LogP contribution in [0.1, 0.15) is 39.5 Å². The van der Waals surface area contributed by atoms with Crippen LogP contribution in [0.3, 0.4) is 0 Å². The van der Waals surface area contributed by atoms with E-state index in [4.69, 9.17) is 5.73 Å². The van der Waals surface area contributed by atoms with Gasteiger partial charge < -0.3 is 10.6 Å². The van der Waals surface area contributed by atoms with Gasteiger partial charge in [-0.2, -0.15) is 4.99 Å². The summed E-state index contributed by atoms with van der Waals surface area (Å²) in [6.45, 7) is 4.18. The predicted molar refractivity (Wildman–Crippen MR) is 57.3 cm³/mol. The maximum Gasteiger partial charge on any atom is 0.345 e. The van der Waals surface area contributed by atoms with E-state index in [0.717, 1.165) is 25.7 Å². The molecule has 0 aromatic heterocycles. The van der Waals surface area contributed by atoms with Crippen LogP contribution in [0, 0.1) is 0 Å². The fraction of sp³-hybridized carbons (Fsp3) is 0.800. The smallest absolute Gasteiger partial charge is 0.345 e. The second-order valence-corrected chi connectivity index (χ2v) is 3.83. The molecule has 4 heteroatoms. The van der Waals surface area contributed by atoms with Gasteiger partial charge in [0.1, 0.15) is 11.4 Å². The lowest BCUT2D eigenvalue weighted by Crippen LogP contribution is -2.51. The van der Waals surface area contributed by atoms with Crippen LogP contribution in [-0.4, -0.2) is 29.4 Å². The average Bonchev–Trinajstić information content (AvgIpc) is 2.38. The first-order valence-corrected chi connectivity index (χ1v) is 5.21. The van der Waals surface area contributed by atoms with Crippen LogP contribution in [0.5, 0.6) is 0 Å². The third-order valence-electron chi connectivity index (χ3n) is 3.15. The van der Waals surface area contributed by atoms with Crippen LogP contribution in [0.25, 0.3) is 0 Å². The summed E-state index contributed by atoms with van der Waals surface area (Å²) in [5.74, 6) is 0.487. The Hall–Kier alpha value is -1.06. The standard InChI is InChI=1S/C10H19N3O/c1-4-6-7-10(5-2)8(11)12-9(14)13(10)3/h4-7H2,1-3H3,(H2,11,12,14). The molecule has 0 spiro atoms. The van der Waals surface area contributed by atoms with Crippen molar-refractivity contribution in [2.45, 2.75) is 45.1 Å². The molecular weight excluding hydrogens is 178 g/mol. The summed E-state index contributed by atoms with van der Waals surface area (Å²) in [5.41, 5.74) is 5.52. The lowest BCUT2D eigenvalue weighted by Gasteiger charge is -2.34. The first kappa shape index (κ1) is 11.0. The molecule has 0 saturated carbocycles. The summed E-state index contributed by atoms with van der Waals surface area (Å²) in [5, 5.41) is 0. The van der Waals surface area contributed by atoms with Gasteiger partial charge in [-0.15, -0.1) is 0 Å². The SMILES string of the molecule is CCCCC1(CC)C(N)=NC(=O)N1C. The Bertz CT molecular complexity index is 262. The number of likely N-dealkylation sites (N-methyl/N-ethyl adjacent to an activating group) is 1. The number of aliphatic imine (C=N–C) groups is 1. The highest BCUT2D eigenvalue weighted by Gasteiger charge is 2.44. The van der Waals surface area contributed by atoms with E-state index in [2.05, 4.69) is 11.9 Å². The van der Waals surface area contributed by atoms with Gasteiger partial charge in [0.25, 0.3) is 0 Å². The molecule has 1 unspecified atom stereocenters. The Morgan fingerprint density at radius 3 is 2.50 bits per heavy atom. The van der Waals surface area contributed by atoms with Crippen LogP contribution in [-0.2, 0) is 0 Å². The molecular formula is C10H19N3O. The first-order chi connectivity index (χ1) is 6.58. The normalized spacial score (nSPS) is 26.9. The molecule has 80 valence electrons. The average molecular weight is 197 g/mol. The lowest BCUT2D eigenvalue weighted by molar-refractivity contribution is 0.181. The summed E-state index contributed by atoms with van der Waals surface area (Å²) in [4.78, 5) is 16.9. The van der Waals surface area contributed by atoms with E-state index in [0.29, 0.717) is 5.84 Å². The van der Waals surface area contributed by atoms with Crippen LogP contribution in [0.2, 0.25) is 0 Å². The number of carbonyl (C=O) groups is 1. The number of carbonyl (C=O) groups excluding carboxylic acids is 1. The summed E-state index contributed by atoms with van der Waals surface area (Å²) < 4.78 is 0. The molecule has 0 bridgehead atoms. The van der Waals surface area contributed by atoms with E-state index in [-0.39, 0.29) is 11.6 Å². The highest BCUT2D eigenvalue weighted by atomic mass is 16.2. The quantitative estimate of drug-likeness (QED) is 0.746. The zero-order valence-electron chi connectivity index (χ0n) is 9.21. The molecule has 1 aliphatic rings. The van der Waals surface area contributed by atoms with Gasteiger partial charge in [0, 0.05) is 7.05 Å². The Morgan fingerprint density at radius 2 is 2.14 bits per heavy atom. The molecule has 0 aromatic carbocycles. The molecule has 1 heterocycles. The van der Waals surface area contributed by atoms with Gasteiger partial charge in [0.05, 0.1) is 0 Å². The van der Waals surface area contributed by atoms with Gasteiger partial charge in [-0.3, -0.25) is 0 Å². The largest absolute Gasteiger partial charge is 0.385 e. The van der Waals surface area contributed by atoms with Crippen molar-refractivity contribution < 1.29 is 4.79 Å². The Morgan fingerprint density at radius 1 is 1.50 bits per heavy atom. The minimum Gasteiger partial charge on any atom is -0.385 e. The molecule has 1 atom stereocenters. The Kier molecular flexibility index (Phi) is 3.13. The summed E-state index contributed by atoms with van der Waals surface area (Å²) in [7, 11) is 1.78. The van der Waals surface area contributed by atoms with Crippen molar-refractivity contribution in [3.63, 3.8) is 0 Å². The summed E-state index contributed by atoms with van der Waals surface area (Å²) in [6, 6.07) is -0.208. The lowest BCUT2D eigenvalue weighted by atomic mass is 9.88. The van der Waals surface area contributed by atoms with Crippen molar-refractivity contribution in [3.05, 3.63) is 0 Å². The molecule has 4 nitrogen and oxygen atoms in total. The topological polar surface area (TPSA) is 58.7 Å². The van der Waals surface area contributed by atoms with Crippen LogP contribution >= 0.6 is 0 Å². The van der Waals surface area contributed by atoms with Crippen LogP contribution in [0.15, 0.2) is 4.99 Å². The van der Waals surface area contributed by atoms with E-state index in [1.165, 1.54) is 0 Å².